The van der Waals surface area contributed by atoms with Crippen LogP contribution in [0.3, 0.4) is 0 Å². The van der Waals surface area contributed by atoms with Gasteiger partial charge in [0.05, 0.1) is 6.61 Å². The molecule has 2 heteroatoms. The van der Waals surface area contributed by atoms with Crippen LogP contribution in [0.4, 0.5) is 0 Å². The van der Waals surface area contributed by atoms with Crippen molar-refractivity contribution < 1.29 is 5.11 Å². The summed E-state index contributed by atoms with van der Waals surface area (Å²) in [6.45, 7) is 4.48. The van der Waals surface area contributed by atoms with Crippen LogP contribution >= 0.6 is 0 Å². The van der Waals surface area contributed by atoms with Crippen LogP contribution in [-0.2, 0) is 0 Å². The normalized spacial score (nSPS) is 16.0. The minimum absolute atomic E-state index is 0.00754. The van der Waals surface area contributed by atoms with Crippen LogP contribution in [0.15, 0.2) is 0 Å². The number of nitrogens with two attached hydrogens (primary N) is 1. The van der Waals surface area contributed by atoms with Gasteiger partial charge in [-0.2, -0.15) is 0 Å². The number of hydrogen-bond donors (Lipinski definition) is 2. The monoisotopic (exact) mass is 173 g/mol. The highest BCUT2D eigenvalue weighted by molar-refractivity contribution is 4.70. The average Bonchev–Trinajstić information content (AvgIpc) is 2.11. The van der Waals surface area contributed by atoms with Crippen molar-refractivity contribution >= 4 is 0 Å². The lowest BCUT2D eigenvalue weighted by Gasteiger charge is -2.20. The molecule has 0 amide bonds. The molecule has 0 saturated heterocycles. The summed E-state index contributed by atoms with van der Waals surface area (Å²) in [7, 11) is 0. The molecule has 3 N–H and O–H groups in total. The van der Waals surface area contributed by atoms with Gasteiger partial charge in [0.25, 0.3) is 0 Å². The van der Waals surface area contributed by atoms with E-state index in [1.165, 1.54) is 25.7 Å². The fourth-order valence-electron chi connectivity index (χ4n) is 1.53. The van der Waals surface area contributed by atoms with Gasteiger partial charge in [-0.15, -0.1) is 0 Å². The zero-order valence-electron chi connectivity index (χ0n) is 8.42. The Hall–Kier alpha value is -0.0800. The second-order valence-corrected chi connectivity index (χ2v) is 3.51. The highest BCUT2D eigenvalue weighted by Gasteiger charge is 2.13. The molecule has 12 heavy (non-hydrogen) atoms. The Morgan fingerprint density at radius 3 is 2.33 bits per heavy atom. The lowest BCUT2D eigenvalue weighted by Crippen LogP contribution is -2.33. The van der Waals surface area contributed by atoms with Crippen LogP contribution in [0.2, 0.25) is 0 Å². The molecule has 0 aliphatic carbocycles. The number of aliphatic hydroxyl groups is 1. The van der Waals surface area contributed by atoms with E-state index >= 15 is 0 Å². The van der Waals surface area contributed by atoms with Gasteiger partial charge in [0.1, 0.15) is 0 Å². The second-order valence-electron chi connectivity index (χ2n) is 3.51. The van der Waals surface area contributed by atoms with Crippen molar-refractivity contribution in [1.29, 1.82) is 0 Å². The summed E-state index contributed by atoms with van der Waals surface area (Å²) in [5, 5.41) is 8.87. The minimum Gasteiger partial charge on any atom is -0.395 e. The minimum atomic E-state index is -0.00754. The standard InChI is InChI=1S/C10H23NO/c1-3-5-6-7-9(4-2)10(11)8-12/h9-10,12H,3-8,11H2,1-2H3. The highest BCUT2D eigenvalue weighted by Crippen LogP contribution is 2.15. The predicted molar refractivity (Wildman–Crippen MR) is 53.0 cm³/mol. The van der Waals surface area contributed by atoms with Gasteiger partial charge < -0.3 is 10.8 Å². The van der Waals surface area contributed by atoms with Gasteiger partial charge in [0.2, 0.25) is 0 Å². The van der Waals surface area contributed by atoms with Crippen molar-refractivity contribution in [1.82, 2.24) is 0 Å². The van der Waals surface area contributed by atoms with Gasteiger partial charge in [-0.05, 0) is 12.3 Å². The molecule has 0 aromatic rings. The van der Waals surface area contributed by atoms with E-state index in [1.54, 1.807) is 0 Å². The molecule has 2 nitrogen and oxygen atoms in total. The van der Waals surface area contributed by atoms with Crippen LogP contribution in [-0.4, -0.2) is 17.8 Å². The van der Waals surface area contributed by atoms with Crippen molar-refractivity contribution in [2.24, 2.45) is 11.7 Å². The predicted octanol–water partition coefficient (Wildman–Crippen LogP) is 1.91. The van der Waals surface area contributed by atoms with Crippen LogP contribution < -0.4 is 5.73 Å². The fraction of sp³-hybridized carbons (Fsp3) is 1.00. The summed E-state index contributed by atoms with van der Waals surface area (Å²) in [6, 6.07) is -0.00754. The Balaban J connectivity index is 3.52. The summed E-state index contributed by atoms with van der Waals surface area (Å²) >= 11 is 0. The SMILES string of the molecule is CCCCCC(CC)C(N)CO. The van der Waals surface area contributed by atoms with Gasteiger partial charge >= 0.3 is 0 Å². The van der Waals surface area contributed by atoms with E-state index in [1.807, 2.05) is 0 Å². The molecule has 0 radical (unpaired) electrons. The molecule has 0 saturated carbocycles. The van der Waals surface area contributed by atoms with Gasteiger partial charge in [-0.25, -0.2) is 0 Å². The molecule has 2 atom stereocenters. The van der Waals surface area contributed by atoms with Crippen molar-refractivity contribution in [3.8, 4) is 0 Å². The Kier molecular flexibility index (Phi) is 7.51. The van der Waals surface area contributed by atoms with E-state index in [2.05, 4.69) is 13.8 Å². The molecular formula is C10H23NO. The second kappa shape index (κ2) is 7.56. The molecule has 0 fully saturated rings. The van der Waals surface area contributed by atoms with Gasteiger partial charge in [-0.1, -0.05) is 39.5 Å². The topological polar surface area (TPSA) is 46.2 Å². The maximum absolute atomic E-state index is 8.87. The van der Waals surface area contributed by atoms with Crippen molar-refractivity contribution in [2.75, 3.05) is 6.61 Å². The third kappa shape index (κ3) is 4.73. The van der Waals surface area contributed by atoms with Crippen LogP contribution in [0.25, 0.3) is 0 Å². The molecule has 0 aromatic carbocycles. The lowest BCUT2D eigenvalue weighted by molar-refractivity contribution is 0.215. The Morgan fingerprint density at radius 2 is 1.92 bits per heavy atom. The van der Waals surface area contributed by atoms with Crippen molar-refractivity contribution in [3.05, 3.63) is 0 Å². The first-order valence-corrected chi connectivity index (χ1v) is 5.12. The first-order valence-electron chi connectivity index (χ1n) is 5.12. The summed E-state index contributed by atoms with van der Waals surface area (Å²) in [5.74, 6) is 0.515. The summed E-state index contributed by atoms with van der Waals surface area (Å²) in [4.78, 5) is 0. The fourth-order valence-corrected chi connectivity index (χ4v) is 1.53. The Bertz CT molecular complexity index is 95.8. The molecule has 2 unspecified atom stereocenters. The number of hydrogen-bond acceptors (Lipinski definition) is 2. The Labute approximate surface area is 76.2 Å². The smallest absolute Gasteiger partial charge is 0.0585 e. The van der Waals surface area contributed by atoms with Gasteiger partial charge in [0.15, 0.2) is 0 Å². The molecule has 0 heterocycles. The third-order valence-corrected chi connectivity index (χ3v) is 2.52. The third-order valence-electron chi connectivity index (χ3n) is 2.52. The molecule has 0 aromatic heterocycles. The summed E-state index contributed by atoms with van der Waals surface area (Å²) in [6.07, 6.45) is 6.06. The van der Waals surface area contributed by atoms with E-state index in [0.29, 0.717) is 5.92 Å². The maximum atomic E-state index is 8.87. The molecular weight excluding hydrogens is 150 g/mol. The largest absolute Gasteiger partial charge is 0.395 e. The molecule has 0 rings (SSSR count). The molecule has 0 bridgehead atoms. The first-order chi connectivity index (χ1) is 5.76. The van der Waals surface area contributed by atoms with E-state index in [-0.39, 0.29) is 12.6 Å². The van der Waals surface area contributed by atoms with Crippen LogP contribution in [0.1, 0.15) is 46.0 Å². The molecule has 74 valence electrons. The first kappa shape index (κ1) is 11.9. The zero-order valence-corrected chi connectivity index (χ0v) is 8.42. The summed E-state index contributed by atoms with van der Waals surface area (Å²) in [5.41, 5.74) is 5.76. The average molecular weight is 173 g/mol. The van der Waals surface area contributed by atoms with Crippen molar-refractivity contribution in [2.45, 2.75) is 52.0 Å². The van der Waals surface area contributed by atoms with Gasteiger partial charge in [-0.3, -0.25) is 0 Å². The van der Waals surface area contributed by atoms with Crippen LogP contribution in [0, 0.1) is 5.92 Å². The number of unbranched alkanes of at least 4 members (excludes halogenated alkanes) is 2. The van der Waals surface area contributed by atoms with Crippen LogP contribution in [0.5, 0.6) is 0 Å². The van der Waals surface area contributed by atoms with Gasteiger partial charge in [0, 0.05) is 6.04 Å². The van der Waals surface area contributed by atoms with E-state index in [9.17, 15) is 0 Å². The maximum Gasteiger partial charge on any atom is 0.0585 e. The highest BCUT2D eigenvalue weighted by atomic mass is 16.3. The van der Waals surface area contributed by atoms with E-state index in [0.717, 1.165) is 6.42 Å². The molecule has 0 aliphatic rings. The van der Waals surface area contributed by atoms with E-state index < -0.39 is 0 Å². The zero-order chi connectivity index (χ0) is 9.40. The van der Waals surface area contributed by atoms with E-state index in [4.69, 9.17) is 10.8 Å². The van der Waals surface area contributed by atoms with Crippen molar-refractivity contribution in [3.63, 3.8) is 0 Å². The molecule has 0 spiro atoms. The Morgan fingerprint density at radius 1 is 1.25 bits per heavy atom. The number of aliphatic hydroxyl groups excluding tert-OH is 1. The summed E-state index contributed by atoms with van der Waals surface area (Å²) < 4.78 is 0. The lowest BCUT2D eigenvalue weighted by atomic mass is 9.92. The number of rotatable bonds is 7. The molecule has 0 aliphatic heterocycles. The quantitative estimate of drug-likeness (QED) is 0.578.